The predicted molar refractivity (Wildman–Crippen MR) is 259 cm³/mol. The molecule has 0 atom stereocenters. The number of benzene rings is 4. The van der Waals surface area contributed by atoms with Gasteiger partial charge >= 0.3 is 0 Å². The normalized spacial score (nSPS) is 11.2. The van der Waals surface area contributed by atoms with Crippen molar-refractivity contribution in [3.05, 3.63) is 107 Å². The monoisotopic (exact) mass is 1000 g/mol. The summed E-state index contributed by atoms with van der Waals surface area (Å²) in [5.74, 6) is -0.442. The fourth-order valence-corrected chi connectivity index (χ4v) is 6.71. The number of anilines is 10. The Balaban J connectivity index is 1.22. The van der Waals surface area contributed by atoms with Crippen LogP contribution in [0.5, 0.6) is 5.75 Å². The van der Waals surface area contributed by atoms with E-state index in [1.165, 1.54) is 30.4 Å². The molecule has 4 aromatic carbocycles. The molecule has 2 aromatic heterocycles. The average molecular weight is 1000 g/mol. The van der Waals surface area contributed by atoms with Gasteiger partial charge in [0.2, 0.25) is 35.7 Å². The molecule has 0 aliphatic heterocycles. The number of rotatable bonds is 26. The fourth-order valence-electron chi connectivity index (χ4n) is 5.96. The number of hydrogen-bond acceptors (Lipinski definition) is 24. The van der Waals surface area contributed by atoms with Crippen LogP contribution < -0.4 is 47.4 Å². The van der Waals surface area contributed by atoms with Gasteiger partial charge in [0.05, 0.1) is 26.4 Å². The van der Waals surface area contributed by atoms with Gasteiger partial charge in [-0.1, -0.05) is 18.2 Å². The van der Waals surface area contributed by atoms with Crippen LogP contribution in [0, 0.1) is 0 Å². The summed E-state index contributed by atoms with van der Waals surface area (Å²) in [6.45, 7) is -0.442. The Bertz CT molecular complexity index is 2870. The molecule has 368 valence electrons. The van der Waals surface area contributed by atoms with Crippen LogP contribution >= 0.6 is 12.9 Å². The summed E-state index contributed by atoms with van der Waals surface area (Å²) in [5, 5.41) is 64.2. The van der Waals surface area contributed by atoms with E-state index in [1.807, 2.05) is 0 Å². The first kappa shape index (κ1) is 51.6. The largest absolute Gasteiger partial charge is 0.395 e. The van der Waals surface area contributed by atoms with E-state index in [2.05, 4.69) is 94.7 Å². The highest BCUT2D eigenvalue weighted by molar-refractivity contribution is 7.86. The number of hydrogen-bond donors (Lipinski definition) is 14. The third-order valence-electron chi connectivity index (χ3n) is 9.08. The minimum Gasteiger partial charge on any atom is -0.395 e. The lowest BCUT2D eigenvalue weighted by molar-refractivity contribution is -0.402. The molecule has 70 heavy (non-hydrogen) atoms. The van der Waals surface area contributed by atoms with Crippen LogP contribution in [0.2, 0.25) is 0 Å². The molecule has 0 bridgehead atoms. The number of aromatic nitrogens is 6. The van der Waals surface area contributed by atoms with Crippen molar-refractivity contribution in [2.45, 2.75) is 4.90 Å². The number of aliphatic hydroxyl groups excluding tert-OH is 4. The van der Waals surface area contributed by atoms with Gasteiger partial charge in [-0.15, -0.1) is 4.33 Å². The highest BCUT2D eigenvalue weighted by Crippen LogP contribution is 2.30. The molecule has 0 radical (unpaired) electrons. The number of thiol groups is 1. The molecular weight excluding hydrogens is 957 g/mol. The highest BCUT2D eigenvalue weighted by Gasteiger charge is 2.18. The van der Waals surface area contributed by atoms with Gasteiger partial charge in [-0.05, 0) is 83.4 Å². The lowest BCUT2D eigenvalue weighted by Gasteiger charge is -2.13. The Morgan fingerprint density at radius 1 is 0.529 bits per heavy atom. The topological polar surface area (TPSA) is 371 Å². The van der Waals surface area contributed by atoms with Crippen molar-refractivity contribution in [3.8, 4) is 5.75 Å². The maximum absolute atomic E-state index is 12.8. The van der Waals surface area contributed by atoms with E-state index in [9.17, 15) is 32.8 Å². The molecule has 28 heteroatoms. The molecule has 2 heterocycles. The number of carbonyl (C=O) groups is 2. The molecule has 13 N–H and O–H groups in total. The van der Waals surface area contributed by atoms with E-state index < -0.39 is 15.0 Å². The fraction of sp³-hybridized carbons (Fsp3) is 0.190. The van der Waals surface area contributed by atoms with Crippen molar-refractivity contribution in [2.75, 3.05) is 84.5 Å². The van der Waals surface area contributed by atoms with Gasteiger partial charge in [0.25, 0.3) is 21.9 Å². The van der Waals surface area contributed by atoms with Gasteiger partial charge < -0.3 is 67.8 Å². The Morgan fingerprint density at radius 3 is 1.34 bits per heavy atom. The molecule has 0 aliphatic carbocycles. The van der Waals surface area contributed by atoms with Crippen LogP contribution in [-0.4, -0.2) is 128 Å². The van der Waals surface area contributed by atoms with E-state index >= 15 is 0 Å². The smallest absolute Gasteiger partial charge is 0.295 e. The summed E-state index contributed by atoms with van der Waals surface area (Å²) in [6, 6.07) is 21.5. The summed E-state index contributed by atoms with van der Waals surface area (Å²) in [4.78, 5) is 55.4. The molecule has 0 unspecified atom stereocenters. The number of nitrogens with one attached hydrogen (secondary N) is 8. The van der Waals surface area contributed by atoms with Crippen molar-refractivity contribution in [1.29, 1.82) is 0 Å². The standard InChI is InChI=1S/C42H46N14O12S2/c57-19-15-43-35(61)27-5-9-29(10-6-27)47-39-51-37(45-17-21-59)53-41(55-39)49-31-13-3-25(33(23-31)66-67-68-69)1-2-26-4-14-32(24-34(26)70(63,64)65)50-42-54-38(46-18-22-60)52-40(56-42)48-30-11-7-28(8-12-30)36(62)44-16-20-58/h1-14,23-24,57-60,69H,15-22H2,(H,43,61)(H,44,62)(H,63,64,65)(H3,45,47,49,51,53,55)(H3,46,48,50,52,54,56)/b2-1+. The molecule has 2 amide bonds. The zero-order valence-corrected chi connectivity index (χ0v) is 38.2. The molecule has 0 spiro atoms. The number of nitrogens with zero attached hydrogens (tertiary/aromatic N) is 6. The van der Waals surface area contributed by atoms with Gasteiger partial charge in [0, 0.05) is 84.6 Å². The first-order valence-electron chi connectivity index (χ1n) is 20.7. The molecule has 0 saturated heterocycles. The third kappa shape index (κ3) is 15.4. The Morgan fingerprint density at radius 2 is 0.914 bits per heavy atom. The summed E-state index contributed by atoms with van der Waals surface area (Å²) < 4.78 is 40.2. The Hall–Kier alpha value is -7.80. The van der Waals surface area contributed by atoms with Crippen molar-refractivity contribution in [3.63, 3.8) is 0 Å². The van der Waals surface area contributed by atoms with Gasteiger partial charge in [0.15, 0.2) is 5.75 Å². The minimum absolute atomic E-state index is 0.0282. The summed E-state index contributed by atoms with van der Waals surface area (Å²) in [5.41, 5.74) is 2.62. The van der Waals surface area contributed by atoms with E-state index in [1.54, 1.807) is 60.7 Å². The second-order valence-corrected chi connectivity index (χ2v) is 15.6. The first-order chi connectivity index (χ1) is 33.9. The molecular formula is C42H46N14O12S2. The summed E-state index contributed by atoms with van der Waals surface area (Å²) in [7, 11) is -4.84. The summed E-state index contributed by atoms with van der Waals surface area (Å²) >= 11 is 3.56. The van der Waals surface area contributed by atoms with Crippen LogP contribution in [0.3, 0.4) is 0 Å². The lowest BCUT2D eigenvalue weighted by atomic mass is 10.1. The van der Waals surface area contributed by atoms with Gasteiger partial charge in [-0.2, -0.15) is 38.3 Å². The zero-order valence-electron chi connectivity index (χ0n) is 36.5. The van der Waals surface area contributed by atoms with Crippen LogP contribution in [0.15, 0.2) is 89.8 Å². The first-order valence-corrected chi connectivity index (χ1v) is 22.5. The van der Waals surface area contributed by atoms with Crippen LogP contribution in [0.4, 0.5) is 58.4 Å². The summed E-state index contributed by atoms with van der Waals surface area (Å²) in [6.07, 6.45) is 2.86. The van der Waals surface area contributed by atoms with E-state index in [-0.39, 0.29) is 117 Å². The molecule has 0 fully saturated rings. The van der Waals surface area contributed by atoms with Crippen molar-refractivity contribution >= 4 is 105 Å². The van der Waals surface area contributed by atoms with Gasteiger partial charge in [0.1, 0.15) is 4.90 Å². The molecule has 26 nitrogen and oxygen atoms in total. The highest BCUT2D eigenvalue weighted by atomic mass is 32.2. The zero-order chi connectivity index (χ0) is 49.9. The van der Waals surface area contributed by atoms with Crippen LogP contribution in [0.1, 0.15) is 31.8 Å². The lowest BCUT2D eigenvalue weighted by Crippen LogP contribution is -2.26. The predicted octanol–water partition coefficient (Wildman–Crippen LogP) is 2.79. The van der Waals surface area contributed by atoms with Crippen molar-refractivity contribution in [2.24, 2.45) is 0 Å². The SMILES string of the molecule is O=C(NCCO)c1ccc(Nc2nc(NCCO)nc(Nc3ccc(/C=C/c4ccc(Nc5nc(NCCO)nc(Nc6ccc(C(=O)NCCO)cc6)n5)cc4S(=O)(=O)O)c(OOOS)c3)n2)cc1. The maximum Gasteiger partial charge on any atom is 0.295 e. The molecule has 0 aliphatic rings. The van der Waals surface area contributed by atoms with Gasteiger partial charge in [-0.3, -0.25) is 14.1 Å². The van der Waals surface area contributed by atoms with Gasteiger partial charge in [-0.25, -0.2) is 0 Å². The minimum atomic E-state index is -4.84. The second-order valence-electron chi connectivity index (χ2n) is 14.1. The Labute approximate surface area is 404 Å². The molecule has 0 saturated carbocycles. The molecule has 6 aromatic rings. The van der Waals surface area contributed by atoms with Crippen LogP contribution in [-0.2, 0) is 19.5 Å². The Kier molecular flexibility index (Phi) is 18.8. The average Bonchev–Trinajstić information content (AvgIpc) is 3.35. The number of aliphatic hydroxyl groups is 4. The van der Waals surface area contributed by atoms with E-state index in [4.69, 9.17) is 15.1 Å². The third-order valence-corrected chi connectivity index (χ3v) is 10.0. The second kappa shape index (κ2) is 25.5. The van der Waals surface area contributed by atoms with E-state index in [0.29, 0.717) is 33.8 Å². The molecule has 6 rings (SSSR count). The van der Waals surface area contributed by atoms with E-state index in [0.717, 1.165) is 6.07 Å². The van der Waals surface area contributed by atoms with Crippen LogP contribution in [0.25, 0.3) is 12.2 Å². The van der Waals surface area contributed by atoms with Crippen molar-refractivity contribution < 1.29 is 57.2 Å². The van der Waals surface area contributed by atoms with Crippen molar-refractivity contribution in [1.82, 2.24) is 40.5 Å². The number of carbonyl (C=O) groups excluding carboxylic acids is 2. The quantitative estimate of drug-likeness (QED) is 0.00927. The maximum atomic E-state index is 12.8. The number of amides is 2.